The normalized spacial score (nSPS) is 26.1. The Labute approximate surface area is 116 Å². The summed E-state index contributed by atoms with van der Waals surface area (Å²) >= 11 is 1.94. The van der Waals surface area contributed by atoms with E-state index in [0.717, 1.165) is 11.7 Å². The molecule has 1 aliphatic carbocycles. The molecular weight excluding hydrogens is 244 g/mol. The summed E-state index contributed by atoms with van der Waals surface area (Å²) in [5.74, 6) is 0.120. The SMILES string of the molecule is CCC(C)(C)NC(=O)C(C)NC1CCC(SC)C1. The lowest BCUT2D eigenvalue weighted by atomic mass is 10.0. The topological polar surface area (TPSA) is 41.1 Å². The molecule has 18 heavy (non-hydrogen) atoms. The molecular formula is C14H28N2OS. The van der Waals surface area contributed by atoms with Crippen LogP contribution in [0.4, 0.5) is 0 Å². The highest BCUT2D eigenvalue weighted by molar-refractivity contribution is 7.99. The third-order valence-electron chi connectivity index (χ3n) is 3.94. The third-order valence-corrected chi connectivity index (χ3v) is 5.04. The van der Waals surface area contributed by atoms with E-state index < -0.39 is 0 Å². The molecule has 2 N–H and O–H groups in total. The second kappa shape index (κ2) is 6.80. The second-order valence-corrected chi connectivity index (χ2v) is 7.12. The van der Waals surface area contributed by atoms with E-state index in [9.17, 15) is 4.79 Å². The minimum absolute atomic E-state index is 0.0959. The maximum Gasteiger partial charge on any atom is 0.237 e. The Morgan fingerprint density at radius 2 is 2.11 bits per heavy atom. The first kappa shape index (κ1) is 15.8. The Morgan fingerprint density at radius 3 is 2.61 bits per heavy atom. The molecule has 106 valence electrons. The Morgan fingerprint density at radius 1 is 1.44 bits per heavy atom. The Hall–Kier alpha value is -0.220. The quantitative estimate of drug-likeness (QED) is 0.781. The molecule has 0 aliphatic heterocycles. The fourth-order valence-electron chi connectivity index (χ4n) is 2.26. The average Bonchev–Trinajstić information content (AvgIpc) is 2.76. The number of hydrogen-bond acceptors (Lipinski definition) is 3. The molecule has 3 unspecified atom stereocenters. The summed E-state index contributed by atoms with van der Waals surface area (Å²) in [7, 11) is 0. The molecule has 1 saturated carbocycles. The van der Waals surface area contributed by atoms with E-state index in [1.807, 2.05) is 18.7 Å². The van der Waals surface area contributed by atoms with E-state index in [1.165, 1.54) is 19.3 Å². The first-order valence-corrected chi connectivity index (χ1v) is 8.27. The number of nitrogens with one attached hydrogen (secondary N) is 2. The molecule has 0 radical (unpaired) electrons. The lowest BCUT2D eigenvalue weighted by Gasteiger charge is -2.28. The highest BCUT2D eigenvalue weighted by Gasteiger charge is 2.28. The highest BCUT2D eigenvalue weighted by atomic mass is 32.2. The summed E-state index contributed by atoms with van der Waals surface area (Å²) in [6.07, 6.45) is 6.78. The van der Waals surface area contributed by atoms with Crippen molar-refractivity contribution in [3.8, 4) is 0 Å². The predicted octanol–water partition coefficient (Wildman–Crippen LogP) is 2.55. The smallest absolute Gasteiger partial charge is 0.237 e. The van der Waals surface area contributed by atoms with Gasteiger partial charge in [-0.3, -0.25) is 4.79 Å². The predicted molar refractivity (Wildman–Crippen MR) is 80.1 cm³/mol. The van der Waals surface area contributed by atoms with Crippen LogP contribution in [0.25, 0.3) is 0 Å². The van der Waals surface area contributed by atoms with Crippen LogP contribution in [0.3, 0.4) is 0 Å². The Balaban J connectivity index is 2.36. The van der Waals surface area contributed by atoms with Gasteiger partial charge in [0.05, 0.1) is 6.04 Å². The van der Waals surface area contributed by atoms with Crippen molar-refractivity contribution in [2.45, 2.75) is 76.3 Å². The summed E-state index contributed by atoms with van der Waals surface area (Å²) in [5.41, 5.74) is -0.107. The fraction of sp³-hybridized carbons (Fsp3) is 0.929. The van der Waals surface area contributed by atoms with Crippen LogP contribution in [0.5, 0.6) is 0 Å². The molecule has 3 nitrogen and oxygen atoms in total. The summed E-state index contributed by atoms with van der Waals surface area (Å²) in [5, 5.41) is 7.33. The van der Waals surface area contributed by atoms with Gasteiger partial charge >= 0.3 is 0 Å². The van der Waals surface area contributed by atoms with Crippen molar-refractivity contribution in [3.05, 3.63) is 0 Å². The maximum atomic E-state index is 12.1. The summed E-state index contributed by atoms with van der Waals surface area (Å²) in [6, 6.07) is 0.411. The van der Waals surface area contributed by atoms with Crippen molar-refractivity contribution in [2.75, 3.05) is 6.26 Å². The zero-order valence-electron chi connectivity index (χ0n) is 12.4. The number of amides is 1. The van der Waals surface area contributed by atoms with Crippen molar-refractivity contribution in [2.24, 2.45) is 0 Å². The van der Waals surface area contributed by atoms with Gasteiger partial charge < -0.3 is 10.6 Å². The van der Waals surface area contributed by atoms with Gasteiger partial charge in [0, 0.05) is 16.8 Å². The van der Waals surface area contributed by atoms with Crippen molar-refractivity contribution in [3.63, 3.8) is 0 Å². The molecule has 4 heteroatoms. The molecule has 1 aliphatic rings. The number of rotatable bonds is 6. The molecule has 0 spiro atoms. The third kappa shape index (κ3) is 4.81. The monoisotopic (exact) mass is 272 g/mol. The van der Waals surface area contributed by atoms with Crippen LogP contribution >= 0.6 is 11.8 Å². The zero-order chi connectivity index (χ0) is 13.8. The minimum Gasteiger partial charge on any atom is -0.350 e. The van der Waals surface area contributed by atoms with Crippen LogP contribution in [-0.4, -0.2) is 35.0 Å². The highest BCUT2D eigenvalue weighted by Crippen LogP contribution is 2.28. The number of carbonyl (C=O) groups is 1. The molecule has 1 fully saturated rings. The van der Waals surface area contributed by atoms with E-state index in [-0.39, 0.29) is 17.5 Å². The van der Waals surface area contributed by atoms with Gasteiger partial charge in [-0.25, -0.2) is 0 Å². The fourth-order valence-corrected chi connectivity index (χ4v) is 3.06. The van der Waals surface area contributed by atoms with Gasteiger partial charge in [0.1, 0.15) is 0 Å². The maximum absolute atomic E-state index is 12.1. The summed E-state index contributed by atoms with van der Waals surface area (Å²) in [4.78, 5) is 12.1. The molecule has 3 atom stereocenters. The van der Waals surface area contributed by atoms with Crippen LogP contribution in [0.1, 0.15) is 53.4 Å². The number of hydrogen-bond donors (Lipinski definition) is 2. The lowest BCUT2D eigenvalue weighted by molar-refractivity contribution is -0.124. The lowest BCUT2D eigenvalue weighted by Crippen LogP contribution is -2.52. The van der Waals surface area contributed by atoms with Crippen LogP contribution in [0, 0.1) is 0 Å². The van der Waals surface area contributed by atoms with Gasteiger partial charge in [-0.2, -0.15) is 11.8 Å². The van der Waals surface area contributed by atoms with Gasteiger partial charge in [0.2, 0.25) is 5.91 Å². The molecule has 1 rings (SSSR count). The van der Waals surface area contributed by atoms with Gasteiger partial charge in [-0.1, -0.05) is 6.92 Å². The summed E-state index contributed by atoms with van der Waals surface area (Å²) in [6.45, 7) is 8.19. The van der Waals surface area contributed by atoms with Crippen molar-refractivity contribution in [1.29, 1.82) is 0 Å². The largest absolute Gasteiger partial charge is 0.350 e. The van der Waals surface area contributed by atoms with Crippen LogP contribution < -0.4 is 10.6 Å². The molecule has 0 bridgehead atoms. The molecule has 0 aromatic heterocycles. The van der Waals surface area contributed by atoms with E-state index in [1.54, 1.807) is 0 Å². The molecule has 0 aromatic carbocycles. The van der Waals surface area contributed by atoms with Gasteiger partial charge in [0.25, 0.3) is 0 Å². The van der Waals surface area contributed by atoms with E-state index >= 15 is 0 Å². The molecule has 1 amide bonds. The first-order chi connectivity index (χ1) is 8.38. The molecule has 0 heterocycles. The van der Waals surface area contributed by atoms with Gasteiger partial charge in [-0.05, 0) is 52.7 Å². The van der Waals surface area contributed by atoms with Gasteiger partial charge in [0.15, 0.2) is 0 Å². The number of thioether (sulfide) groups is 1. The number of carbonyl (C=O) groups excluding carboxylic acids is 1. The van der Waals surface area contributed by atoms with E-state index in [0.29, 0.717) is 6.04 Å². The first-order valence-electron chi connectivity index (χ1n) is 6.99. The van der Waals surface area contributed by atoms with Crippen molar-refractivity contribution < 1.29 is 4.79 Å². The van der Waals surface area contributed by atoms with Crippen LogP contribution in [0.15, 0.2) is 0 Å². The average molecular weight is 272 g/mol. The molecule has 0 saturated heterocycles. The minimum atomic E-state index is -0.107. The second-order valence-electron chi connectivity index (χ2n) is 5.98. The van der Waals surface area contributed by atoms with E-state index in [4.69, 9.17) is 0 Å². The standard InChI is InChI=1S/C14H28N2OS/c1-6-14(3,4)16-13(17)10(2)15-11-7-8-12(9-11)18-5/h10-12,15H,6-9H2,1-5H3,(H,16,17). The summed E-state index contributed by atoms with van der Waals surface area (Å²) < 4.78 is 0. The van der Waals surface area contributed by atoms with Crippen molar-refractivity contribution in [1.82, 2.24) is 10.6 Å². The van der Waals surface area contributed by atoms with Crippen molar-refractivity contribution >= 4 is 17.7 Å². The Bertz CT molecular complexity index is 281. The molecule has 0 aromatic rings. The van der Waals surface area contributed by atoms with Gasteiger partial charge in [-0.15, -0.1) is 0 Å². The van der Waals surface area contributed by atoms with Crippen LogP contribution in [0.2, 0.25) is 0 Å². The van der Waals surface area contributed by atoms with Crippen LogP contribution in [-0.2, 0) is 4.79 Å². The zero-order valence-corrected chi connectivity index (χ0v) is 13.2. The van der Waals surface area contributed by atoms with E-state index in [2.05, 4.69) is 37.7 Å². The Kier molecular flexibility index (Phi) is 5.99.